The molecule has 190 valence electrons. The number of carbonyl (C=O) groups is 2. The van der Waals surface area contributed by atoms with Gasteiger partial charge in [-0.2, -0.15) is 0 Å². The normalized spacial score (nSPS) is 12.0. The molecule has 0 radical (unpaired) electrons. The molecular formula is C27H29NO7S. The highest BCUT2D eigenvalue weighted by molar-refractivity contribution is 7.92. The summed E-state index contributed by atoms with van der Waals surface area (Å²) in [6.07, 6.45) is 0.585. The van der Waals surface area contributed by atoms with Gasteiger partial charge in [-0.05, 0) is 54.8 Å². The lowest BCUT2D eigenvalue weighted by molar-refractivity contribution is -0.137. The molecule has 1 N–H and O–H groups in total. The standard InChI is InChI=1S/C27H29NO7S/c1-4-22(23-10-6-8-12-25(23)34-3)27(31)35-20-14-16-21(17-15-20)36(32,33)28(2)24-11-7-5-9-19(24)13-18-26(29)30/h5-12,14-17,22H,4,13,18H2,1-3H3,(H,29,30). The van der Waals surface area contributed by atoms with Crippen LogP contribution in [-0.2, 0) is 26.0 Å². The number of carbonyl (C=O) groups excluding carboxylic acids is 1. The third-order valence-electron chi connectivity index (χ3n) is 5.85. The summed E-state index contributed by atoms with van der Waals surface area (Å²) in [7, 11) is -0.984. The van der Waals surface area contributed by atoms with Gasteiger partial charge in [-0.3, -0.25) is 13.9 Å². The molecule has 3 aromatic carbocycles. The first-order valence-corrected chi connectivity index (χ1v) is 12.9. The molecule has 0 aromatic heterocycles. The molecule has 1 atom stereocenters. The summed E-state index contributed by atoms with van der Waals surface area (Å²) in [5, 5.41) is 9.00. The van der Waals surface area contributed by atoms with E-state index >= 15 is 0 Å². The van der Waals surface area contributed by atoms with Gasteiger partial charge in [-0.1, -0.05) is 43.3 Å². The summed E-state index contributed by atoms with van der Waals surface area (Å²) in [5.41, 5.74) is 1.73. The van der Waals surface area contributed by atoms with Crippen LogP contribution in [0.4, 0.5) is 5.69 Å². The van der Waals surface area contributed by atoms with E-state index in [1.165, 1.54) is 38.4 Å². The summed E-state index contributed by atoms with van der Waals surface area (Å²) >= 11 is 0. The number of para-hydroxylation sites is 2. The highest BCUT2D eigenvalue weighted by Crippen LogP contribution is 2.31. The predicted octanol–water partition coefficient (Wildman–Crippen LogP) is 4.64. The molecule has 0 aliphatic rings. The van der Waals surface area contributed by atoms with E-state index in [1.54, 1.807) is 30.3 Å². The Bertz CT molecular complexity index is 1320. The zero-order valence-corrected chi connectivity index (χ0v) is 21.2. The molecule has 0 fully saturated rings. The van der Waals surface area contributed by atoms with E-state index in [1.807, 2.05) is 25.1 Å². The van der Waals surface area contributed by atoms with E-state index in [9.17, 15) is 18.0 Å². The number of carboxylic acids is 1. The molecule has 0 heterocycles. The number of ether oxygens (including phenoxy) is 2. The number of hydrogen-bond acceptors (Lipinski definition) is 6. The van der Waals surface area contributed by atoms with Gasteiger partial charge in [0.05, 0.1) is 23.6 Å². The van der Waals surface area contributed by atoms with Gasteiger partial charge in [0, 0.05) is 19.0 Å². The highest BCUT2D eigenvalue weighted by atomic mass is 32.2. The summed E-state index contributed by atoms with van der Waals surface area (Å²) in [6, 6.07) is 19.6. The van der Waals surface area contributed by atoms with Crippen molar-refractivity contribution in [3.63, 3.8) is 0 Å². The number of carboxylic acid groups (broad SMARTS) is 1. The number of nitrogens with zero attached hydrogens (tertiary/aromatic N) is 1. The molecule has 3 aromatic rings. The largest absolute Gasteiger partial charge is 0.496 e. The minimum atomic E-state index is -3.94. The maximum atomic E-state index is 13.3. The number of sulfonamides is 1. The summed E-state index contributed by atoms with van der Waals surface area (Å²) in [6.45, 7) is 1.87. The maximum absolute atomic E-state index is 13.3. The SMILES string of the molecule is CCC(C(=O)Oc1ccc(S(=O)(=O)N(C)c2ccccc2CCC(=O)O)cc1)c1ccccc1OC. The smallest absolute Gasteiger partial charge is 0.318 e. The van der Waals surface area contributed by atoms with Gasteiger partial charge in [0.1, 0.15) is 11.5 Å². The number of rotatable bonds is 11. The summed E-state index contributed by atoms with van der Waals surface area (Å²) in [4.78, 5) is 23.9. The zero-order valence-electron chi connectivity index (χ0n) is 20.4. The van der Waals surface area contributed by atoms with Crippen molar-refractivity contribution in [3.8, 4) is 11.5 Å². The van der Waals surface area contributed by atoms with Crippen molar-refractivity contribution < 1.29 is 32.6 Å². The number of benzene rings is 3. The van der Waals surface area contributed by atoms with Crippen molar-refractivity contribution >= 4 is 27.6 Å². The fourth-order valence-electron chi connectivity index (χ4n) is 3.89. The highest BCUT2D eigenvalue weighted by Gasteiger charge is 2.26. The van der Waals surface area contributed by atoms with Crippen LogP contribution in [0.5, 0.6) is 11.5 Å². The van der Waals surface area contributed by atoms with Crippen LogP contribution < -0.4 is 13.8 Å². The Labute approximate surface area is 211 Å². The van der Waals surface area contributed by atoms with Crippen LogP contribution in [-0.4, -0.2) is 39.6 Å². The van der Waals surface area contributed by atoms with Gasteiger partial charge in [0.15, 0.2) is 0 Å². The Balaban J connectivity index is 1.79. The zero-order chi connectivity index (χ0) is 26.3. The molecule has 0 spiro atoms. The lowest BCUT2D eigenvalue weighted by Crippen LogP contribution is -2.27. The van der Waals surface area contributed by atoms with Gasteiger partial charge in [-0.15, -0.1) is 0 Å². The van der Waals surface area contributed by atoms with Crippen LogP contribution in [0, 0.1) is 0 Å². The van der Waals surface area contributed by atoms with Crippen LogP contribution in [0.15, 0.2) is 77.7 Å². The van der Waals surface area contributed by atoms with E-state index in [2.05, 4.69) is 0 Å². The quantitative estimate of drug-likeness (QED) is 0.295. The van der Waals surface area contributed by atoms with E-state index < -0.39 is 27.9 Å². The Hall–Kier alpha value is -3.85. The molecule has 0 saturated heterocycles. The number of hydrogen-bond donors (Lipinski definition) is 1. The minimum Gasteiger partial charge on any atom is -0.496 e. The number of anilines is 1. The fraction of sp³-hybridized carbons (Fsp3) is 0.259. The van der Waals surface area contributed by atoms with Crippen molar-refractivity contribution in [1.29, 1.82) is 0 Å². The third-order valence-corrected chi connectivity index (χ3v) is 7.63. The van der Waals surface area contributed by atoms with E-state index in [4.69, 9.17) is 14.6 Å². The average Bonchev–Trinajstić information content (AvgIpc) is 2.88. The van der Waals surface area contributed by atoms with Crippen LogP contribution in [0.2, 0.25) is 0 Å². The second-order valence-electron chi connectivity index (χ2n) is 8.09. The predicted molar refractivity (Wildman–Crippen MR) is 136 cm³/mol. The van der Waals surface area contributed by atoms with Gasteiger partial charge in [-0.25, -0.2) is 8.42 Å². The Morgan fingerprint density at radius 1 is 0.972 bits per heavy atom. The molecule has 0 bridgehead atoms. The van der Waals surface area contributed by atoms with Crippen LogP contribution in [0.25, 0.3) is 0 Å². The minimum absolute atomic E-state index is 0.00890. The summed E-state index contributed by atoms with van der Waals surface area (Å²) in [5.74, 6) is -1.16. The lowest BCUT2D eigenvalue weighted by atomic mass is 9.95. The second kappa shape index (κ2) is 11.7. The Morgan fingerprint density at radius 2 is 1.61 bits per heavy atom. The topological polar surface area (TPSA) is 110 Å². The van der Waals surface area contributed by atoms with E-state index in [0.717, 1.165) is 9.87 Å². The first-order chi connectivity index (χ1) is 17.2. The maximum Gasteiger partial charge on any atom is 0.318 e. The van der Waals surface area contributed by atoms with E-state index in [-0.39, 0.29) is 23.5 Å². The summed E-state index contributed by atoms with van der Waals surface area (Å²) < 4.78 is 38.6. The van der Waals surface area contributed by atoms with Crippen LogP contribution >= 0.6 is 0 Å². The third kappa shape index (κ3) is 6.04. The van der Waals surface area contributed by atoms with Crippen LogP contribution in [0.3, 0.4) is 0 Å². The molecule has 8 nitrogen and oxygen atoms in total. The molecule has 36 heavy (non-hydrogen) atoms. The van der Waals surface area contributed by atoms with Gasteiger partial charge in [0.25, 0.3) is 10.0 Å². The first-order valence-electron chi connectivity index (χ1n) is 11.4. The first kappa shape index (κ1) is 26.7. The Morgan fingerprint density at radius 3 is 2.25 bits per heavy atom. The lowest BCUT2D eigenvalue weighted by Gasteiger charge is -2.22. The molecule has 0 saturated carbocycles. The van der Waals surface area contributed by atoms with Gasteiger partial charge >= 0.3 is 11.9 Å². The fourth-order valence-corrected chi connectivity index (χ4v) is 5.13. The molecule has 0 aliphatic heterocycles. The molecule has 3 rings (SSSR count). The molecule has 1 unspecified atom stereocenters. The molecule has 0 amide bonds. The van der Waals surface area contributed by atoms with Crippen molar-refractivity contribution in [3.05, 3.63) is 83.9 Å². The van der Waals surface area contributed by atoms with Crippen LogP contribution in [0.1, 0.15) is 36.8 Å². The van der Waals surface area contributed by atoms with Gasteiger partial charge < -0.3 is 14.6 Å². The van der Waals surface area contributed by atoms with Gasteiger partial charge in [0.2, 0.25) is 0 Å². The number of esters is 1. The molecule has 9 heteroatoms. The van der Waals surface area contributed by atoms with Crippen molar-refractivity contribution in [1.82, 2.24) is 0 Å². The number of methoxy groups -OCH3 is 1. The van der Waals surface area contributed by atoms with E-state index in [0.29, 0.717) is 23.4 Å². The second-order valence-corrected chi connectivity index (χ2v) is 10.1. The van der Waals surface area contributed by atoms with Crippen molar-refractivity contribution in [2.75, 3.05) is 18.5 Å². The number of aryl methyl sites for hydroxylation is 1. The van der Waals surface area contributed by atoms with Crippen molar-refractivity contribution in [2.45, 2.75) is 37.0 Å². The average molecular weight is 512 g/mol. The number of aliphatic carboxylic acids is 1. The van der Waals surface area contributed by atoms with Crippen molar-refractivity contribution in [2.24, 2.45) is 0 Å². The molecular weight excluding hydrogens is 482 g/mol. The molecule has 0 aliphatic carbocycles. The Kier molecular flexibility index (Phi) is 8.71. The monoisotopic (exact) mass is 511 g/mol.